The maximum absolute atomic E-state index is 13.3. The number of rotatable bonds is 14. The summed E-state index contributed by atoms with van der Waals surface area (Å²) in [5.41, 5.74) is 6.37. The molecule has 0 saturated heterocycles. The van der Waals surface area contributed by atoms with E-state index in [9.17, 15) is 9.59 Å². The number of thiazole rings is 1. The molecule has 2 amide bonds. The van der Waals surface area contributed by atoms with Crippen LogP contribution in [0.15, 0.2) is 66.7 Å². The normalized spacial score (nSPS) is 12.3. The number of nitrogens with zero attached hydrogens (tertiary/aromatic N) is 2. The fraction of sp³-hybridized carbons (Fsp3) is 0.324. The molecule has 0 saturated carbocycles. The molecule has 1 aromatic heterocycles. The van der Waals surface area contributed by atoms with Gasteiger partial charge in [0, 0.05) is 28.2 Å². The van der Waals surface area contributed by atoms with Gasteiger partial charge in [0.2, 0.25) is 5.91 Å². The van der Waals surface area contributed by atoms with E-state index in [0.717, 1.165) is 50.5 Å². The van der Waals surface area contributed by atoms with Gasteiger partial charge in [-0.3, -0.25) is 9.59 Å². The lowest BCUT2D eigenvalue weighted by atomic mass is 10.0. The fourth-order valence-electron chi connectivity index (χ4n) is 5.14. The highest BCUT2D eigenvalue weighted by Gasteiger charge is 2.27. The molecular formula is C34H37N3O6S. The molecule has 9 nitrogen and oxygen atoms in total. The van der Waals surface area contributed by atoms with Gasteiger partial charge in [0.15, 0.2) is 5.13 Å². The highest BCUT2D eigenvalue weighted by atomic mass is 32.1. The highest BCUT2D eigenvalue weighted by Crippen LogP contribution is 2.36. The minimum absolute atomic E-state index is 0.00294. The molecule has 230 valence electrons. The number of amides is 2. The molecule has 2 heterocycles. The topological polar surface area (TPSA) is 110 Å². The zero-order valence-electron chi connectivity index (χ0n) is 25.0. The van der Waals surface area contributed by atoms with Gasteiger partial charge in [-0.15, -0.1) is 11.3 Å². The van der Waals surface area contributed by atoms with Gasteiger partial charge < -0.3 is 29.5 Å². The van der Waals surface area contributed by atoms with Crippen LogP contribution >= 0.6 is 11.3 Å². The number of aryl methyl sites for hydroxylation is 2. The van der Waals surface area contributed by atoms with Gasteiger partial charge in [-0.1, -0.05) is 36.4 Å². The fourth-order valence-corrected chi connectivity index (χ4v) is 5.99. The maximum Gasteiger partial charge on any atom is 0.258 e. The highest BCUT2D eigenvalue weighted by molar-refractivity contribution is 7.16. The van der Waals surface area contributed by atoms with E-state index in [2.05, 4.69) is 11.4 Å². The molecular weight excluding hydrogens is 578 g/mol. The summed E-state index contributed by atoms with van der Waals surface area (Å²) in [5, 5.41) is 12.2. The summed E-state index contributed by atoms with van der Waals surface area (Å²) in [6, 6.07) is 21.2. The average molecular weight is 616 g/mol. The van der Waals surface area contributed by atoms with E-state index in [1.54, 1.807) is 0 Å². The Labute approximate surface area is 261 Å². The van der Waals surface area contributed by atoms with Crippen LogP contribution in [-0.4, -0.2) is 68.1 Å². The van der Waals surface area contributed by atoms with Crippen molar-refractivity contribution in [2.75, 3.05) is 56.4 Å². The number of hydrogen-bond donors (Lipinski definition) is 2. The Morgan fingerprint density at radius 3 is 2.57 bits per heavy atom. The summed E-state index contributed by atoms with van der Waals surface area (Å²) in [4.78, 5) is 33.7. The van der Waals surface area contributed by atoms with E-state index in [-0.39, 0.29) is 24.8 Å². The van der Waals surface area contributed by atoms with Crippen LogP contribution in [0.5, 0.6) is 5.75 Å². The van der Waals surface area contributed by atoms with Gasteiger partial charge in [-0.05, 0) is 67.3 Å². The molecule has 10 heteroatoms. The first-order valence-corrected chi connectivity index (χ1v) is 15.5. The third-order valence-corrected chi connectivity index (χ3v) is 8.17. The summed E-state index contributed by atoms with van der Waals surface area (Å²) in [6.45, 7) is 6.54. The standard InChI is InChI=1S/C34H37N3O6S/c1-23-6-3-4-9-29(23)33(40)37-13-12-26-22-27(10-11-30(26)37)32-24(2)44-34(36-32)35-31(39)21-25-7-5-8-28(20-25)43-19-18-42-17-16-41-15-14-38/h3-11,20,22,38H,12-19,21H2,1-2H3,(H,35,36,39). The Kier molecular flexibility index (Phi) is 10.7. The molecule has 1 aliphatic heterocycles. The molecule has 0 aliphatic carbocycles. The Balaban J connectivity index is 1.15. The Bertz CT molecular complexity index is 1600. The van der Waals surface area contributed by atoms with Crippen LogP contribution in [0.25, 0.3) is 11.3 Å². The quantitative estimate of drug-likeness (QED) is 0.187. The van der Waals surface area contributed by atoms with Crippen LogP contribution < -0.4 is 15.0 Å². The van der Waals surface area contributed by atoms with Gasteiger partial charge in [0.25, 0.3) is 5.91 Å². The number of aliphatic hydroxyl groups excluding tert-OH is 1. The van der Waals surface area contributed by atoms with Gasteiger partial charge in [0.05, 0.1) is 45.1 Å². The third kappa shape index (κ3) is 7.89. The smallest absolute Gasteiger partial charge is 0.258 e. The van der Waals surface area contributed by atoms with Crippen molar-refractivity contribution in [3.63, 3.8) is 0 Å². The number of benzene rings is 3. The number of fused-ring (bicyclic) bond motifs is 1. The number of ether oxygens (including phenoxy) is 3. The third-order valence-electron chi connectivity index (χ3n) is 7.28. The van der Waals surface area contributed by atoms with Crippen molar-refractivity contribution >= 4 is 34.0 Å². The zero-order valence-corrected chi connectivity index (χ0v) is 25.8. The monoisotopic (exact) mass is 615 g/mol. The van der Waals surface area contributed by atoms with Crippen molar-refractivity contribution < 1.29 is 28.9 Å². The molecule has 0 atom stereocenters. The van der Waals surface area contributed by atoms with Crippen LogP contribution in [0.3, 0.4) is 0 Å². The summed E-state index contributed by atoms with van der Waals surface area (Å²) < 4.78 is 16.3. The summed E-state index contributed by atoms with van der Waals surface area (Å²) >= 11 is 1.44. The molecule has 4 aromatic rings. The zero-order chi connectivity index (χ0) is 30.9. The number of anilines is 2. The molecule has 0 unspecified atom stereocenters. The van der Waals surface area contributed by atoms with Crippen molar-refractivity contribution in [1.29, 1.82) is 0 Å². The lowest BCUT2D eigenvalue weighted by molar-refractivity contribution is -0.115. The van der Waals surface area contributed by atoms with Crippen molar-refractivity contribution in [1.82, 2.24) is 4.98 Å². The number of aliphatic hydroxyl groups is 1. The second kappa shape index (κ2) is 15.1. The molecule has 0 spiro atoms. The van der Waals surface area contributed by atoms with E-state index in [0.29, 0.717) is 50.5 Å². The van der Waals surface area contributed by atoms with Gasteiger partial charge in [-0.2, -0.15) is 0 Å². The molecule has 44 heavy (non-hydrogen) atoms. The Morgan fingerprint density at radius 1 is 0.955 bits per heavy atom. The minimum Gasteiger partial charge on any atom is -0.491 e. The van der Waals surface area contributed by atoms with Crippen LogP contribution in [0.4, 0.5) is 10.8 Å². The SMILES string of the molecule is Cc1ccccc1C(=O)N1CCc2cc(-c3nc(NC(=O)Cc4cccc(OCCOCCOCCO)c4)sc3C)ccc21. The Morgan fingerprint density at radius 2 is 1.75 bits per heavy atom. The second-order valence-corrected chi connectivity index (χ2v) is 11.7. The van der Waals surface area contributed by atoms with E-state index in [1.807, 2.05) is 79.4 Å². The Hall–Kier alpha value is -4.09. The van der Waals surface area contributed by atoms with Crippen LogP contribution in [0.1, 0.15) is 31.9 Å². The first-order chi connectivity index (χ1) is 21.4. The van der Waals surface area contributed by atoms with E-state index in [4.69, 9.17) is 24.3 Å². The van der Waals surface area contributed by atoms with Crippen LogP contribution in [0.2, 0.25) is 0 Å². The lowest BCUT2D eigenvalue weighted by Crippen LogP contribution is -2.29. The molecule has 5 rings (SSSR count). The van der Waals surface area contributed by atoms with Gasteiger partial charge in [0.1, 0.15) is 12.4 Å². The number of aromatic nitrogens is 1. The van der Waals surface area contributed by atoms with Crippen molar-refractivity contribution in [3.05, 3.63) is 93.9 Å². The van der Waals surface area contributed by atoms with E-state index in [1.165, 1.54) is 11.3 Å². The van der Waals surface area contributed by atoms with Crippen LogP contribution in [0, 0.1) is 13.8 Å². The average Bonchev–Trinajstić information content (AvgIpc) is 3.61. The molecule has 3 aromatic carbocycles. The van der Waals surface area contributed by atoms with Gasteiger partial charge >= 0.3 is 0 Å². The first-order valence-electron chi connectivity index (χ1n) is 14.7. The number of nitrogens with one attached hydrogen (secondary N) is 1. The van der Waals surface area contributed by atoms with Crippen LogP contribution in [-0.2, 0) is 27.1 Å². The largest absolute Gasteiger partial charge is 0.491 e. The maximum atomic E-state index is 13.3. The van der Waals surface area contributed by atoms with Gasteiger partial charge in [-0.25, -0.2) is 4.98 Å². The summed E-state index contributed by atoms with van der Waals surface area (Å²) in [5.74, 6) is 0.527. The summed E-state index contributed by atoms with van der Waals surface area (Å²) in [7, 11) is 0. The molecule has 0 radical (unpaired) electrons. The minimum atomic E-state index is -0.159. The predicted octanol–water partition coefficient (Wildman–Crippen LogP) is 5.22. The van der Waals surface area contributed by atoms with Crippen molar-refractivity contribution in [2.45, 2.75) is 26.7 Å². The predicted molar refractivity (Wildman–Crippen MR) is 172 cm³/mol. The first kappa shape index (κ1) is 31.3. The number of hydrogen-bond acceptors (Lipinski definition) is 8. The van der Waals surface area contributed by atoms with E-state index >= 15 is 0 Å². The molecule has 1 aliphatic rings. The van der Waals surface area contributed by atoms with E-state index < -0.39 is 0 Å². The summed E-state index contributed by atoms with van der Waals surface area (Å²) in [6.07, 6.45) is 0.969. The molecule has 2 N–H and O–H groups in total. The van der Waals surface area contributed by atoms with Crippen molar-refractivity contribution in [3.8, 4) is 17.0 Å². The molecule has 0 bridgehead atoms. The second-order valence-electron chi connectivity index (χ2n) is 10.5. The molecule has 0 fully saturated rings. The number of carbonyl (C=O) groups excluding carboxylic acids is 2. The lowest BCUT2D eigenvalue weighted by Gasteiger charge is -2.18. The van der Waals surface area contributed by atoms with Crippen molar-refractivity contribution in [2.24, 2.45) is 0 Å². The number of carbonyl (C=O) groups is 2.